The smallest absolute Gasteiger partial charge is 0.410 e. The van der Waals surface area contributed by atoms with Gasteiger partial charge in [0.25, 0.3) is 0 Å². The molecule has 0 radical (unpaired) electrons. The van der Waals surface area contributed by atoms with Crippen molar-refractivity contribution in [3.05, 3.63) is 29.3 Å². The van der Waals surface area contributed by atoms with E-state index < -0.39 is 5.60 Å². The number of benzene rings is 1. The zero-order valence-corrected chi connectivity index (χ0v) is 18.9. The van der Waals surface area contributed by atoms with Crippen molar-refractivity contribution >= 4 is 40.1 Å². The van der Waals surface area contributed by atoms with Gasteiger partial charge in [0, 0.05) is 50.3 Å². The molecule has 2 fully saturated rings. The number of amides is 1. The van der Waals surface area contributed by atoms with E-state index in [2.05, 4.69) is 28.0 Å². The average molecular weight is 431 g/mol. The molecule has 0 aliphatic carbocycles. The van der Waals surface area contributed by atoms with Gasteiger partial charge in [-0.3, -0.25) is 0 Å². The number of nitrogens with zero attached hydrogens (tertiary/aromatic N) is 4. The van der Waals surface area contributed by atoms with E-state index in [-0.39, 0.29) is 6.09 Å². The van der Waals surface area contributed by atoms with Crippen LogP contribution in [0.4, 0.5) is 16.3 Å². The third-order valence-electron chi connectivity index (χ3n) is 5.69. The highest BCUT2D eigenvalue weighted by atomic mass is 35.5. The van der Waals surface area contributed by atoms with Crippen molar-refractivity contribution in [2.75, 3.05) is 49.1 Å². The maximum Gasteiger partial charge on any atom is 0.410 e. The SMILES string of the molecule is CC(C)(C)OC(=O)N1CCN(c2nc3ccc(N4CCCCC4)cc3cc2Cl)CC1. The number of carbonyl (C=O) groups is 1. The number of hydrogen-bond donors (Lipinski definition) is 0. The Labute approximate surface area is 183 Å². The minimum absolute atomic E-state index is 0.259. The van der Waals surface area contributed by atoms with Gasteiger partial charge in [0.2, 0.25) is 0 Å². The van der Waals surface area contributed by atoms with Gasteiger partial charge in [0.1, 0.15) is 11.4 Å². The molecular formula is C23H31ClN4O2. The number of piperazine rings is 1. The Morgan fingerprint density at radius 3 is 2.33 bits per heavy atom. The number of halogens is 1. The van der Waals surface area contributed by atoms with Gasteiger partial charge >= 0.3 is 6.09 Å². The minimum Gasteiger partial charge on any atom is -0.444 e. The van der Waals surface area contributed by atoms with Crippen molar-refractivity contribution < 1.29 is 9.53 Å². The molecule has 2 aromatic rings. The molecule has 2 aliphatic rings. The molecule has 3 heterocycles. The highest BCUT2D eigenvalue weighted by Crippen LogP contribution is 2.31. The molecule has 0 atom stereocenters. The van der Waals surface area contributed by atoms with Crippen molar-refractivity contribution in [2.45, 2.75) is 45.6 Å². The van der Waals surface area contributed by atoms with E-state index in [1.807, 2.05) is 26.8 Å². The third-order valence-corrected chi connectivity index (χ3v) is 5.96. The van der Waals surface area contributed by atoms with E-state index in [1.165, 1.54) is 24.9 Å². The van der Waals surface area contributed by atoms with Crippen LogP contribution in [0, 0.1) is 0 Å². The Morgan fingerprint density at radius 1 is 0.967 bits per heavy atom. The Balaban J connectivity index is 1.47. The number of pyridine rings is 1. The Morgan fingerprint density at radius 2 is 1.67 bits per heavy atom. The summed E-state index contributed by atoms with van der Waals surface area (Å²) in [5.41, 5.74) is 1.72. The van der Waals surface area contributed by atoms with Gasteiger partial charge in [0.15, 0.2) is 0 Å². The van der Waals surface area contributed by atoms with Crippen LogP contribution in [-0.4, -0.2) is 60.8 Å². The standard InChI is InChI=1S/C23H31ClN4O2/c1-23(2,3)30-22(29)28-13-11-27(12-14-28)21-19(24)16-17-15-18(7-8-20(17)25-21)26-9-5-4-6-10-26/h7-8,15-16H,4-6,9-14H2,1-3H3. The van der Waals surface area contributed by atoms with Crippen molar-refractivity contribution in [3.63, 3.8) is 0 Å². The summed E-state index contributed by atoms with van der Waals surface area (Å²) in [5, 5.41) is 1.73. The molecule has 1 aromatic carbocycles. The predicted octanol–water partition coefficient (Wildman–Crippen LogP) is 4.94. The van der Waals surface area contributed by atoms with Crippen LogP contribution < -0.4 is 9.80 Å². The van der Waals surface area contributed by atoms with Crippen LogP contribution in [-0.2, 0) is 4.74 Å². The maximum absolute atomic E-state index is 12.3. The van der Waals surface area contributed by atoms with E-state index in [4.69, 9.17) is 21.3 Å². The second kappa shape index (κ2) is 8.50. The zero-order chi connectivity index (χ0) is 21.3. The van der Waals surface area contributed by atoms with Crippen LogP contribution in [0.25, 0.3) is 10.9 Å². The summed E-state index contributed by atoms with van der Waals surface area (Å²) in [7, 11) is 0. The molecule has 4 rings (SSSR count). The molecule has 0 saturated carbocycles. The molecule has 7 heteroatoms. The summed E-state index contributed by atoms with van der Waals surface area (Å²) in [4.78, 5) is 23.5. The van der Waals surface area contributed by atoms with Gasteiger partial charge in [0.05, 0.1) is 10.5 Å². The monoisotopic (exact) mass is 430 g/mol. The van der Waals surface area contributed by atoms with E-state index in [1.54, 1.807) is 4.90 Å². The van der Waals surface area contributed by atoms with Gasteiger partial charge < -0.3 is 19.4 Å². The summed E-state index contributed by atoms with van der Waals surface area (Å²) >= 11 is 6.64. The summed E-state index contributed by atoms with van der Waals surface area (Å²) in [6.07, 6.45) is 3.57. The van der Waals surface area contributed by atoms with Crippen molar-refractivity contribution in [2.24, 2.45) is 0 Å². The number of rotatable bonds is 2. The Hall–Kier alpha value is -2.21. The maximum atomic E-state index is 12.3. The summed E-state index contributed by atoms with van der Waals surface area (Å²) in [6, 6.07) is 8.48. The number of ether oxygens (including phenoxy) is 1. The first-order valence-corrected chi connectivity index (χ1v) is 11.3. The lowest BCUT2D eigenvalue weighted by molar-refractivity contribution is 0.0240. The molecule has 0 bridgehead atoms. The molecule has 0 spiro atoms. The number of hydrogen-bond acceptors (Lipinski definition) is 5. The molecular weight excluding hydrogens is 400 g/mol. The predicted molar refractivity (Wildman–Crippen MR) is 123 cm³/mol. The van der Waals surface area contributed by atoms with Crippen LogP contribution in [0.1, 0.15) is 40.0 Å². The second-order valence-electron chi connectivity index (χ2n) is 9.17. The molecule has 0 unspecified atom stereocenters. The van der Waals surface area contributed by atoms with Gasteiger partial charge in [-0.2, -0.15) is 0 Å². The third kappa shape index (κ3) is 4.75. The van der Waals surface area contributed by atoms with Crippen LogP contribution in [0.3, 0.4) is 0 Å². The number of anilines is 2. The minimum atomic E-state index is -0.482. The molecule has 1 aromatic heterocycles. The fraction of sp³-hybridized carbons (Fsp3) is 0.565. The number of carbonyl (C=O) groups excluding carboxylic acids is 1. The lowest BCUT2D eigenvalue weighted by Gasteiger charge is -2.36. The van der Waals surface area contributed by atoms with E-state index in [0.29, 0.717) is 31.2 Å². The molecule has 0 N–H and O–H groups in total. The lowest BCUT2D eigenvalue weighted by Crippen LogP contribution is -2.50. The first kappa shape index (κ1) is 21.0. The van der Waals surface area contributed by atoms with Crippen molar-refractivity contribution in [1.82, 2.24) is 9.88 Å². The molecule has 30 heavy (non-hydrogen) atoms. The Kier molecular flexibility index (Phi) is 5.96. The summed E-state index contributed by atoms with van der Waals surface area (Å²) in [5.74, 6) is 0.790. The topological polar surface area (TPSA) is 48.9 Å². The highest BCUT2D eigenvalue weighted by Gasteiger charge is 2.27. The summed E-state index contributed by atoms with van der Waals surface area (Å²) in [6.45, 7) is 10.5. The van der Waals surface area contributed by atoms with Crippen LogP contribution >= 0.6 is 11.6 Å². The Bertz CT molecular complexity index is 913. The number of piperidine rings is 1. The van der Waals surface area contributed by atoms with Crippen molar-refractivity contribution in [1.29, 1.82) is 0 Å². The second-order valence-corrected chi connectivity index (χ2v) is 9.58. The van der Waals surface area contributed by atoms with Gasteiger partial charge in [-0.15, -0.1) is 0 Å². The number of fused-ring (bicyclic) bond motifs is 1. The van der Waals surface area contributed by atoms with Gasteiger partial charge in [-0.1, -0.05) is 11.6 Å². The lowest BCUT2D eigenvalue weighted by atomic mass is 10.1. The van der Waals surface area contributed by atoms with E-state index in [0.717, 1.165) is 29.8 Å². The first-order chi connectivity index (χ1) is 14.3. The zero-order valence-electron chi connectivity index (χ0n) is 18.2. The van der Waals surface area contributed by atoms with Crippen LogP contribution in [0.15, 0.2) is 24.3 Å². The van der Waals surface area contributed by atoms with Crippen LogP contribution in [0.5, 0.6) is 0 Å². The van der Waals surface area contributed by atoms with Crippen LogP contribution in [0.2, 0.25) is 5.02 Å². The van der Waals surface area contributed by atoms with Gasteiger partial charge in [-0.25, -0.2) is 9.78 Å². The molecule has 2 aliphatic heterocycles. The van der Waals surface area contributed by atoms with E-state index >= 15 is 0 Å². The number of aromatic nitrogens is 1. The quantitative estimate of drug-likeness (QED) is 0.675. The summed E-state index contributed by atoms with van der Waals surface area (Å²) < 4.78 is 5.48. The molecule has 162 valence electrons. The molecule has 2 saturated heterocycles. The normalized spacial score (nSPS) is 18.1. The largest absolute Gasteiger partial charge is 0.444 e. The fourth-order valence-corrected chi connectivity index (χ4v) is 4.41. The first-order valence-electron chi connectivity index (χ1n) is 10.9. The highest BCUT2D eigenvalue weighted by molar-refractivity contribution is 6.33. The average Bonchev–Trinajstić information content (AvgIpc) is 2.72. The fourth-order valence-electron chi connectivity index (χ4n) is 4.13. The molecule has 1 amide bonds. The van der Waals surface area contributed by atoms with Gasteiger partial charge in [-0.05, 0) is 64.3 Å². The molecule has 6 nitrogen and oxygen atoms in total. The van der Waals surface area contributed by atoms with E-state index in [9.17, 15) is 4.79 Å². The van der Waals surface area contributed by atoms with Crippen molar-refractivity contribution in [3.8, 4) is 0 Å².